The molecule has 1 aromatic heterocycles. The number of carbonyl (C=O) groups excluding carboxylic acids is 1. The van der Waals surface area contributed by atoms with E-state index in [-0.39, 0.29) is 47.4 Å². The molecule has 5 heterocycles. The van der Waals surface area contributed by atoms with Gasteiger partial charge in [0, 0.05) is 36.1 Å². The Morgan fingerprint density at radius 1 is 1.00 bits per heavy atom. The number of halogens is 1. The first-order valence-corrected chi connectivity index (χ1v) is 15.8. The highest BCUT2D eigenvalue weighted by Gasteiger charge is 2.45. The van der Waals surface area contributed by atoms with Gasteiger partial charge in [0.05, 0.1) is 12.1 Å². The van der Waals surface area contributed by atoms with E-state index in [2.05, 4.69) is 14.7 Å². The van der Waals surface area contributed by atoms with Gasteiger partial charge in [0.2, 0.25) is 5.91 Å². The number of fused-ring (bicyclic) bond motifs is 5. The van der Waals surface area contributed by atoms with Crippen LogP contribution in [0.5, 0.6) is 11.8 Å². The van der Waals surface area contributed by atoms with E-state index in [1.807, 2.05) is 30.3 Å². The lowest BCUT2D eigenvalue weighted by Crippen LogP contribution is -2.56. The van der Waals surface area contributed by atoms with Crippen molar-refractivity contribution in [1.29, 1.82) is 0 Å². The number of aromatic nitrogens is 2. The van der Waals surface area contributed by atoms with Gasteiger partial charge in [0.25, 0.3) is 0 Å². The summed E-state index contributed by atoms with van der Waals surface area (Å²) in [5.74, 6) is -0.0608. The second-order valence-electron chi connectivity index (χ2n) is 13.0. The third kappa shape index (κ3) is 4.54. The van der Waals surface area contributed by atoms with Gasteiger partial charge in [-0.1, -0.05) is 30.3 Å². The Bertz CT molecular complexity index is 1760. The molecule has 0 spiro atoms. The molecule has 2 atom stereocenters. The van der Waals surface area contributed by atoms with Crippen molar-refractivity contribution in [3.8, 4) is 22.9 Å². The molecular formula is C34H37FN6O3. The van der Waals surface area contributed by atoms with E-state index in [1.165, 1.54) is 0 Å². The Hall–Kier alpha value is -4.02. The predicted molar refractivity (Wildman–Crippen MR) is 167 cm³/mol. The van der Waals surface area contributed by atoms with Gasteiger partial charge in [-0.25, -0.2) is 4.39 Å². The smallest absolute Gasteiger partial charge is 0.319 e. The van der Waals surface area contributed by atoms with Gasteiger partial charge in [0.1, 0.15) is 23.7 Å². The minimum atomic E-state index is -0.469. The third-order valence-electron chi connectivity index (χ3n) is 10.5. The molecule has 2 bridgehead atoms. The highest BCUT2D eigenvalue weighted by molar-refractivity contribution is 6.01. The number of benzene rings is 3. The molecule has 1 amide bonds. The normalized spacial score (nSPS) is 23.1. The molecule has 4 saturated heterocycles. The van der Waals surface area contributed by atoms with Crippen LogP contribution in [0.3, 0.4) is 0 Å². The number of anilines is 1. The fraction of sp³-hybridized carbons (Fsp3) is 0.441. The Morgan fingerprint density at radius 3 is 2.50 bits per heavy atom. The number of primary amides is 1. The largest absolute Gasteiger partial charge is 0.508 e. The number of phenols is 1. The van der Waals surface area contributed by atoms with E-state index >= 15 is 4.39 Å². The first kappa shape index (κ1) is 27.5. The van der Waals surface area contributed by atoms with Crippen LogP contribution in [0.4, 0.5) is 10.2 Å². The van der Waals surface area contributed by atoms with E-state index in [9.17, 15) is 9.90 Å². The number of amides is 1. The van der Waals surface area contributed by atoms with Gasteiger partial charge >= 0.3 is 6.01 Å². The van der Waals surface area contributed by atoms with Crippen LogP contribution in [0.2, 0.25) is 0 Å². The number of carbonyl (C=O) groups is 1. The van der Waals surface area contributed by atoms with Crippen LogP contribution >= 0.6 is 0 Å². The molecule has 228 valence electrons. The molecule has 4 aliphatic heterocycles. The van der Waals surface area contributed by atoms with Crippen LogP contribution in [0.1, 0.15) is 38.5 Å². The molecule has 0 saturated carbocycles. The molecule has 9 nitrogen and oxygen atoms in total. The van der Waals surface area contributed by atoms with Crippen molar-refractivity contribution in [2.24, 2.45) is 5.73 Å². The lowest BCUT2D eigenvalue weighted by atomic mass is 9.95. The van der Waals surface area contributed by atoms with E-state index in [1.54, 1.807) is 18.2 Å². The summed E-state index contributed by atoms with van der Waals surface area (Å²) in [6, 6.07) is 15.1. The summed E-state index contributed by atoms with van der Waals surface area (Å²) in [5.41, 5.74) is 6.74. The van der Waals surface area contributed by atoms with E-state index < -0.39 is 5.82 Å². The van der Waals surface area contributed by atoms with Crippen molar-refractivity contribution in [3.05, 3.63) is 54.3 Å². The minimum absolute atomic E-state index is 0.00114. The molecule has 0 radical (unpaired) electrons. The predicted octanol–water partition coefficient (Wildman–Crippen LogP) is 4.44. The minimum Gasteiger partial charge on any atom is -0.508 e. The Kier molecular flexibility index (Phi) is 6.60. The zero-order valence-corrected chi connectivity index (χ0v) is 24.7. The SMILES string of the molecule is NC(=O)CN1[C@@H]2CC[C@H]1CN(c1nc(OCC34CCCN3CCC4)nc3c(F)c(-c4cc(O)cc5ccccc45)ccc13)C2. The molecule has 10 heteroatoms. The molecule has 4 fully saturated rings. The molecule has 4 aliphatic rings. The van der Waals surface area contributed by atoms with Crippen LogP contribution in [0.25, 0.3) is 32.8 Å². The number of nitrogens with two attached hydrogens (primary N) is 1. The quantitative estimate of drug-likeness (QED) is 0.323. The molecule has 3 aromatic carbocycles. The molecule has 0 aliphatic carbocycles. The average Bonchev–Trinajstić information content (AvgIpc) is 3.65. The highest BCUT2D eigenvalue weighted by atomic mass is 19.1. The van der Waals surface area contributed by atoms with Gasteiger partial charge in [-0.05, 0) is 86.1 Å². The molecule has 3 N–H and O–H groups in total. The van der Waals surface area contributed by atoms with E-state index in [0.29, 0.717) is 42.0 Å². The summed E-state index contributed by atoms with van der Waals surface area (Å²) in [5, 5.41) is 12.8. The first-order valence-electron chi connectivity index (χ1n) is 15.8. The second kappa shape index (κ2) is 10.6. The number of aromatic hydroxyl groups is 1. The first-order chi connectivity index (χ1) is 21.4. The fourth-order valence-corrected chi connectivity index (χ4v) is 8.42. The third-order valence-corrected chi connectivity index (χ3v) is 10.5. The molecular weight excluding hydrogens is 559 g/mol. The molecule has 8 rings (SSSR count). The van der Waals surface area contributed by atoms with Crippen LogP contribution in [-0.4, -0.2) is 87.7 Å². The summed E-state index contributed by atoms with van der Waals surface area (Å²) in [7, 11) is 0. The number of rotatable bonds is 7. The van der Waals surface area contributed by atoms with Gasteiger partial charge in [0.15, 0.2) is 5.82 Å². The maximum atomic E-state index is 16.8. The van der Waals surface area contributed by atoms with Gasteiger partial charge in [-0.3, -0.25) is 14.6 Å². The summed E-state index contributed by atoms with van der Waals surface area (Å²) in [6.07, 6.45) is 6.43. The van der Waals surface area contributed by atoms with Crippen LogP contribution in [-0.2, 0) is 4.79 Å². The van der Waals surface area contributed by atoms with Gasteiger partial charge in [-0.2, -0.15) is 9.97 Å². The standard InChI is InChI=1S/C34H37FN6O3/c35-30-26(28-16-24(42)15-21-5-1-2-6-25(21)28)9-10-27-31(30)37-33(44-20-34-11-3-13-40(34)14-4-12-34)38-32(27)39-17-22-7-8-23(18-39)41(22)19-29(36)43/h1-2,5-6,9-10,15-16,22-23,42H,3-4,7-8,11-14,17-20H2,(H2,36,43)/t22-,23+. The Balaban J connectivity index is 1.22. The topological polar surface area (TPSA) is 108 Å². The van der Waals surface area contributed by atoms with Crippen molar-refractivity contribution in [3.63, 3.8) is 0 Å². The monoisotopic (exact) mass is 596 g/mol. The molecule has 0 unspecified atom stereocenters. The number of nitrogens with zero attached hydrogens (tertiary/aromatic N) is 5. The summed E-state index contributed by atoms with van der Waals surface area (Å²) in [6.45, 7) is 4.22. The number of ether oxygens (including phenoxy) is 1. The fourth-order valence-electron chi connectivity index (χ4n) is 8.42. The van der Waals surface area contributed by atoms with Gasteiger partial charge < -0.3 is 20.5 Å². The van der Waals surface area contributed by atoms with E-state index in [4.69, 9.17) is 20.4 Å². The van der Waals surface area contributed by atoms with Crippen LogP contribution in [0, 0.1) is 5.82 Å². The van der Waals surface area contributed by atoms with E-state index in [0.717, 1.165) is 62.4 Å². The lowest BCUT2D eigenvalue weighted by molar-refractivity contribution is -0.120. The zero-order chi connectivity index (χ0) is 30.0. The average molecular weight is 597 g/mol. The number of piperazine rings is 1. The van der Waals surface area contributed by atoms with Crippen molar-refractivity contribution in [1.82, 2.24) is 19.8 Å². The zero-order valence-electron chi connectivity index (χ0n) is 24.7. The van der Waals surface area contributed by atoms with Crippen molar-refractivity contribution >= 4 is 33.4 Å². The lowest BCUT2D eigenvalue weighted by Gasteiger charge is -2.41. The molecule has 44 heavy (non-hydrogen) atoms. The highest BCUT2D eigenvalue weighted by Crippen LogP contribution is 2.42. The number of hydrogen-bond donors (Lipinski definition) is 2. The number of phenolic OH excluding ortho intramolecular Hbond substituents is 1. The second-order valence-corrected chi connectivity index (χ2v) is 13.0. The maximum Gasteiger partial charge on any atom is 0.319 e. The summed E-state index contributed by atoms with van der Waals surface area (Å²) in [4.78, 5) is 28.4. The Morgan fingerprint density at radius 2 is 1.75 bits per heavy atom. The van der Waals surface area contributed by atoms with Gasteiger partial charge in [-0.15, -0.1) is 0 Å². The molecule has 4 aromatic rings. The number of hydrogen-bond acceptors (Lipinski definition) is 8. The summed E-state index contributed by atoms with van der Waals surface area (Å²) < 4.78 is 23.2. The Labute approximate surface area is 255 Å². The van der Waals surface area contributed by atoms with Crippen LogP contribution < -0.4 is 15.4 Å². The maximum absolute atomic E-state index is 16.8. The van der Waals surface area contributed by atoms with Crippen molar-refractivity contribution in [2.75, 3.05) is 44.2 Å². The van der Waals surface area contributed by atoms with Crippen LogP contribution in [0.15, 0.2) is 48.5 Å². The van der Waals surface area contributed by atoms with Crippen molar-refractivity contribution in [2.45, 2.75) is 56.1 Å². The van der Waals surface area contributed by atoms with Crippen molar-refractivity contribution < 1.29 is 19.0 Å². The summed E-state index contributed by atoms with van der Waals surface area (Å²) >= 11 is 0.